The minimum atomic E-state index is -0.0551. The van der Waals surface area contributed by atoms with Crippen molar-refractivity contribution in [2.24, 2.45) is 0 Å². The molecule has 128 valence electrons. The summed E-state index contributed by atoms with van der Waals surface area (Å²) in [5.41, 5.74) is 1.30. The van der Waals surface area contributed by atoms with Gasteiger partial charge < -0.3 is 10.1 Å². The lowest BCUT2D eigenvalue weighted by Gasteiger charge is -2.37. The number of nitrogens with zero attached hydrogens (tertiary/aromatic N) is 2. The Labute approximate surface area is 139 Å². The Kier molecular flexibility index (Phi) is 6.42. The van der Waals surface area contributed by atoms with Crippen molar-refractivity contribution in [1.82, 2.24) is 15.1 Å². The summed E-state index contributed by atoms with van der Waals surface area (Å²) in [4.78, 5) is 16.8. The van der Waals surface area contributed by atoms with Crippen LogP contribution in [0.1, 0.15) is 26.3 Å². The second kappa shape index (κ2) is 8.31. The van der Waals surface area contributed by atoms with Gasteiger partial charge in [-0.3, -0.25) is 14.6 Å². The highest BCUT2D eigenvalue weighted by molar-refractivity contribution is 5.81. The summed E-state index contributed by atoms with van der Waals surface area (Å²) < 4.78 is 5.19. The number of hydrogen-bond acceptors (Lipinski definition) is 4. The van der Waals surface area contributed by atoms with Gasteiger partial charge in [-0.1, -0.05) is 12.1 Å². The standard InChI is InChI=1S/C18H29N3O2/c1-14(2)19-18(22)15(3)21-11-9-20(10-12-21)13-16-5-7-17(23-4)8-6-16/h5-8,14-15H,9-13H2,1-4H3,(H,19,22). The van der Waals surface area contributed by atoms with Gasteiger partial charge in [-0.05, 0) is 38.5 Å². The first-order valence-electron chi connectivity index (χ1n) is 8.39. The highest BCUT2D eigenvalue weighted by Crippen LogP contribution is 2.15. The van der Waals surface area contributed by atoms with Crippen molar-refractivity contribution in [2.45, 2.75) is 39.4 Å². The van der Waals surface area contributed by atoms with Crippen molar-refractivity contribution in [2.75, 3.05) is 33.3 Å². The van der Waals surface area contributed by atoms with Gasteiger partial charge in [0, 0.05) is 38.8 Å². The number of rotatable bonds is 6. The fourth-order valence-corrected chi connectivity index (χ4v) is 2.87. The quantitative estimate of drug-likeness (QED) is 0.867. The van der Waals surface area contributed by atoms with Crippen LogP contribution in [0.2, 0.25) is 0 Å². The highest BCUT2D eigenvalue weighted by atomic mass is 16.5. The second-order valence-electron chi connectivity index (χ2n) is 6.50. The third-order valence-corrected chi connectivity index (χ3v) is 4.33. The van der Waals surface area contributed by atoms with Gasteiger partial charge in [-0.2, -0.15) is 0 Å². The first-order chi connectivity index (χ1) is 11.0. The van der Waals surface area contributed by atoms with E-state index in [0.717, 1.165) is 38.5 Å². The molecule has 1 amide bonds. The van der Waals surface area contributed by atoms with E-state index in [4.69, 9.17) is 4.74 Å². The molecule has 1 aromatic carbocycles. The molecule has 1 heterocycles. The summed E-state index contributed by atoms with van der Waals surface area (Å²) >= 11 is 0. The molecule has 2 rings (SSSR count). The zero-order chi connectivity index (χ0) is 16.8. The van der Waals surface area contributed by atoms with Gasteiger partial charge in [0.25, 0.3) is 0 Å². The fourth-order valence-electron chi connectivity index (χ4n) is 2.87. The monoisotopic (exact) mass is 319 g/mol. The number of carbonyl (C=O) groups excluding carboxylic acids is 1. The summed E-state index contributed by atoms with van der Waals surface area (Å²) in [5, 5.41) is 3.00. The van der Waals surface area contributed by atoms with Gasteiger partial charge in [0.15, 0.2) is 0 Å². The van der Waals surface area contributed by atoms with Crippen molar-refractivity contribution < 1.29 is 9.53 Å². The van der Waals surface area contributed by atoms with E-state index in [1.807, 2.05) is 32.9 Å². The molecule has 0 aliphatic carbocycles. The van der Waals surface area contributed by atoms with Crippen LogP contribution in [0.25, 0.3) is 0 Å². The first-order valence-corrected chi connectivity index (χ1v) is 8.39. The lowest BCUT2D eigenvalue weighted by Crippen LogP contribution is -2.54. The summed E-state index contributed by atoms with van der Waals surface area (Å²) in [7, 11) is 1.69. The molecule has 1 atom stereocenters. The number of ether oxygens (including phenoxy) is 1. The highest BCUT2D eigenvalue weighted by Gasteiger charge is 2.25. The van der Waals surface area contributed by atoms with E-state index in [1.54, 1.807) is 7.11 Å². The van der Waals surface area contributed by atoms with E-state index in [-0.39, 0.29) is 18.0 Å². The predicted octanol–water partition coefficient (Wildman–Crippen LogP) is 1.73. The molecule has 1 saturated heterocycles. The molecule has 5 nitrogen and oxygen atoms in total. The molecule has 0 bridgehead atoms. The number of nitrogens with one attached hydrogen (secondary N) is 1. The Bertz CT molecular complexity index is 493. The topological polar surface area (TPSA) is 44.8 Å². The first kappa shape index (κ1) is 17.8. The van der Waals surface area contributed by atoms with Gasteiger partial charge in [0.2, 0.25) is 5.91 Å². The van der Waals surface area contributed by atoms with Crippen molar-refractivity contribution >= 4 is 5.91 Å². The van der Waals surface area contributed by atoms with Gasteiger partial charge in [-0.25, -0.2) is 0 Å². The molecule has 1 N–H and O–H groups in total. The normalized spacial score (nSPS) is 18.0. The molecule has 23 heavy (non-hydrogen) atoms. The summed E-state index contributed by atoms with van der Waals surface area (Å²) in [6.45, 7) is 10.8. The summed E-state index contributed by atoms with van der Waals surface area (Å²) in [6, 6.07) is 8.38. The second-order valence-corrected chi connectivity index (χ2v) is 6.50. The Balaban J connectivity index is 1.80. The van der Waals surface area contributed by atoms with Gasteiger partial charge in [0.05, 0.1) is 13.2 Å². The van der Waals surface area contributed by atoms with E-state index in [9.17, 15) is 4.79 Å². The maximum atomic E-state index is 12.1. The summed E-state index contributed by atoms with van der Waals surface area (Å²) in [6.07, 6.45) is 0. The molecule has 1 fully saturated rings. The SMILES string of the molecule is COc1ccc(CN2CCN(C(C)C(=O)NC(C)C)CC2)cc1. The maximum Gasteiger partial charge on any atom is 0.237 e. The number of amides is 1. The molecule has 5 heteroatoms. The van der Waals surface area contributed by atoms with E-state index in [2.05, 4.69) is 27.2 Å². The van der Waals surface area contributed by atoms with Crippen LogP contribution in [0.15, 0.2) is 24.3 Å². The molecular formula is C18H29N3O2. The molecular weight excluding hydrogens is 290 g/mol. The van der Waals surface area contributed by atoms with Crippen molar-refractivity contribution in [1.29, 1.82) is 0 Å². The van der Waals surface area contributed by atoms with Crippen LogP contribution in [-0.4, -0.2) is 61.1 Å². The molecule has 0 saturated carbocycles. The number of piperazine rings is 1. The third kappa shape index (κ3) is 5.22. The lowest BCUT2D eigenvalue weighted by molar-refractivity contribution is -0.127. The molecule has 1 unspecified atom stereocenters. The number of benzene rings is 1. The fraction of sp³-hybridized carbons (Fsp3) is 0.611. The molecule has 0 radical (unpaired) electrons. The van der Waals surface area contributed by atoms with E-state index in [1.165, 1.54) is 5.56 Å². The van der Waals surface area contributed by atoms with Crippen LogP contribution >= 0.6 is 0 Å². The van der Waals surface area contributed by atoms with Crippen molar-refractivity contribution in [3.8, 4) is 5.75 Å². The minimum absolute atomic E-state index is 0.0551. The maximum absolute atomic E-state index is 12.1. The Morgan fingerprint density at radius 1 is 1.13 bits per heavy atom. The van der Waals surface area contributed by atoms with Crippen molar-refractivity contribution in [3.05, 3.63) is 29.8 Å². The largest absolute Gasteiger partial charge is 0.497 e. The predicted molar refractivity (Wildman–Crippen MR) is 92.6 cm³/mol. The minimum Gasteiger partial charge on any atom is -0.497 e. The number of hydrogen-bond donors (Lipinski definition) is 1. The van der Waals surface area contributed by atoms with Crippen LogP contribution in [0, 0.1) is 0 Å². The Hall–Kier alpha value is -1.59. The third-order valence-electron chi connectivity index (χ3n) is 4.33. The van der Waals surface area contributed by atoms with Crippen LogP contribution in [-0.2, 0) is 11.3 Å². The number of carbonyl (C=O) groups is 1. The van der Waals surface area contributed by atoms with Crippen LogP contribution in [0.4, 0.5) is 0 Å². The molecule has 0 spiro atoms. The van der Waals surface area contributed by atoms with Crippen LogP contribution in [0.5, 0.6) is 5.75 Å². The summed E-state index contributed by atoms with van der Waals surface area (Å²) in [5.74, 6) is 1.02. The zero-order valence-electron chi connectivity index (χ0n) is 14.7. The van der Waals surface area contributed by atoms with Crippen molar-refractivity contribution in [3.63, 3.8) is 0 Å². The van der Waals surface area contributed by atoms with Crippen LogP contribution in [0.3, 0.4) is 0 Å². The van der Waals surface area contributed by atoms with E-state index in [0.29, 0.717) is 0 Å². The average Bonchev–Trinajstić information content (AvgIpc) is 2.55. The average molecular weight is 319 g/mol. The van der Waals surface area contributed by atoms with Crippen LogP contribution < -0.4 is 10.1 Å². The molecule has 0 aromatic heterocycles. The van der Waals surface area contributed by atoms with Gasteiger partial charge in [-0.15, -0.1) is 0 Å². The Morgan fingerprint density at radius 2 is 1.74 bits per heavy atom. The smallest absolute Gasteiger partial charge is 0.237 e. The molecule has 1 aliphatic rings. The van der Waals surface area contributed by atoms with E-state index >= 15 is 0 Å². The van der Waals surface area contributed by atoms with E-state index < -0.39 is 0 Å². The number of methoxy groups -OCH3 is 1. The zero-order valence-corrected chi connectivity index (χ0v) is 14.7. The molecule has 1 aliphatic heterocycles. The lowest BCUT2D eigenvalue weighted by atomic mass is 10.1. The van der Waals surface area contributed by atoms with Gasteiger partial charge in [0.1, 0.15) is 5.75 Å². The molecule has 1 aromatic rings. The van der Waals surface area contributed by atoms with Gasteiger partial charge >= 0.3 is 0 Å². The Morgan fingerprint density at radius 3 is 2.26 bits per heavy atom.